The zero-order valence-corrected chi connectivity index (χ0v) is 11.3. The second-order valence-electron chi connectivity index (χ2n) is 4.05. The van der Waals surface area contributed by atoms with E-state index in [1.165, 1.54) is 11.8 Å². The monoisotopic (exact) mass is 285 g/mol. The van der Waals surface area contributed by atoms with Crippen LogP contribution in [0.2, 0.25) is 0 Å². The smallest absolute Gasteiger partial charge is 0.236 e. The van der Waals surface area contributed by atoms with Gasteiger partial charge in [0, 0.05) is 11.1 Å². The highest BCUT2D eigenvalue weighted by Crippen LogP contribution is 2.22. The van der Waals surface area contributed by atoms with E-state index in [9.17, 15) is 4.79 Å². The molecule has 100 valence electrons. The normalized spacial score (nSPS) is 17.0. The molecule has 3 rings (SSSR count). The Morgan fingerprint density at radius 3 is 2.90 bits per heavy atom. The van der Waals surface area contributed by atoms with Crippen molar-refractivity contribution in [2.24, 2.45) is 10.2 Å². The summed E-state index contributed by atoms with van der Waals surface area (Å²) in [6.07, 6.45) is 3.28. The van der Waals surface area contributed by atoms with E-state index in [4.69, 9.17) is 4.42 Å². The van der Waals surface area contributed by atoms with Gasteiger partial charge in [0.2, 0.25) is 5.91 Å². The Hall–Kier alpha value is -2.34. The van der Waals surface area contributed by atoms with Crippen LogP contribution in [0.3, 0.4) is 0 Å². The van der Waals surface area contributed by atoms with Gasteiger partial charge in [0.25, 0.3) is 0 Å². The lowest BCUT2D eigenvalue weighted by Gasteiger charge is -2.01. The summed E-state index contributed by atoms with van der Waals surface area (Å²) in [4.78, 5) is 11.0. The quantitative estimate of drug-likeness (QED) is 0.696. The third kappa shape index (κ3) is 2.80. The van der Waals surface area contributed by atoms with Crippen molar-refractivity contribution >= 4 is 29.1 Å². The van der Waals surface area contributed by atoms with E-state index in [0.717, 1.165) is 16.9 Å². The van der Waals surface area contributed by atoms with Crippen LogP contribution in [0.5, 0.6) is 0 Å². The number of hydrogen-bond donors (Lipinski definition) is 1. The van der Waals surface area contributed by atoms with Gasteiger partial charge < -0.3 is 9.73 Å². The average Bonchev–Trinajstić information content (AvgIpc) is 3.11. The average molecular weight is 285 g/mol. The lowest BCUT2D eigenvalue weighted by Crippen LogP contribution is -2.19. The molecule has 5 nitrogen and oxygen atoms in total. The number of hydrogen-bond acceptors (Lipinski definition) is 5. The van der Waals surface area contributed by atoms with Crippen molar-refractivity contribution in [3.05, 3.63) is 48.2 Å². The van der Waals surface area contributed by atoms with E-state index < -0.39 is 0 Å². The summed E-state index contributed by atoms with van der Waals surface area (Å²) in [6.45, 7) is 0. The first-order chi connectivity index (χ1) is 9.83. The molecule has 1 aromatic carbocycles. The maximum absolute atomic E-state index is 11.0. The SMILES string of the molecule is O=C1CSC(=NN=Cc2ccccc2-c2ccco2)N1. The molecule has 0 atom stereocenters. The number of nitrogens with zero attached hydrogens (tertiary/aromatic N) is 2. The van der Waals surface area contributed by atoms with E-state index in [0.29, 0.717) is 10.9 Å². The Labute approximate surface area is 119 Å². The van der Waals surface area contributed by atoms with Crippen molar-refractivity contribution in [1.82, 2.24) is 5.32 Å². The Morgan fingerprint density at radius 1 is 1.25 bits per heavy atom. The lowest BCUT2D eigenvalue weighted by atomic mass is 10.1. The predicted octanol–water partition coefficient (Wildman–Crippen LogP) is 2.50. The van der Waals surface area contributed by atoms with Crippen LogP contribution in [0, 0.1) is 0 Å². The van der Waals surface area contributed by atoms with Crippen LogP contribution in [0.15, 0.2) is 57.3 Å². The predicted molar refractivity (Wildman–Crippen MR) is 79.8 cm³/mol. The Bertz CT molecular complexity index is 677. The molecule has 2 heterocycles. The summed E-state index contributed by atoms with van der Waals surface area (Å²) in [5.41, 5.74) is 1.85. The molecule has 0 spiro atoms. The van der Waals surface area contributed by atoms with Crippen LogP contribution >= 0.6 is 11.8 Å². The highest BCUT2D eigenvalue weighted by molar-refractivity contribution is 8.15. The summed E-state index contributed by atoms with van der Waals surface area (Å²) < 4.78 is 5.40. The third-order valence-corrected chi connectivity index (χ3v) is 3.54. The molecule has 0 bridgehead atoms. The highest BCUT2D eigenvalue weighted by Gasteiger charge is 2.15. The van der Waals surface area contributed by atoms with Crippen LogP contribution < -0.4 is 5.32 Å². The number of benzene rings is 1. The molecular weight excluding hydrogens is 274 g/mol. The van der Waals surface area contributed by atoms with Gasteiger partial charge in [-0.15, -0.1) is 5.10 Å². The van der Waals surface area contributed by atoms with Gasteiger partial charge in [0.05, 0.1) is 18.2 Å². The number of rotatable bonds is 3. The molecule has 6 heteroatoms. The summed E-state index contributed by atoms with van der Waals surface area (Å²) in [6, 6.07) is 11.5. The van der Waals surface area contributed by atoms with Crippen LogP contribution in [0.4, 0.5) is 0 Å². The van der Waals surface area contributed by atoms with E-state index in [2.05, 4.69) is 15.5 Å². The van der Waals surface area contributed by atoms with Crippen LogP contribution in [0.25, 0.3) is 11.3 Å². The van der Waals surface area contributed by atoms with Gasteiger partial charge in [0.1, 0.15) is 5.76 Å². The van der Waals surface area contributed by atoms with Crippen molar-refractivity contribution in [2.45, 2.75) is 0 Å². The van der Waals surface area contributed by atoms with Crippen molar-refractivity contribution in [1.29, 1.82) is 0 Å². The van der Waals surface area contributed by atoms with E-state index in [1.807, 2.05) is 36.4 Å². The minimum absolute atomic E-state index is 0.0417. The molecule has 1 N–H and O–H groups in total. The number of amidine groups is 1. The second kappa shape index (κ2) is 5.75. The Balaban J connectivity index is 1.83. The molecule has 0 aliphatic carbocycles. The number of nitrogens with one attached hydrogen (secondary N) is 1. The maximum atomic E-state index is 11.0. The zero-order valence-electron chi connectivity index (χ0n) is 10.4. The summed E-state index contributed by atoms with van der Waals surface area (Å²) in [5.74, 6) is 1.14. The Morgan fingerprint density at radius 2 is 2.15 bits per heavy atom. The number of carbonyl (C=O) groups excluding carboxylic acids is 1. The first-order valence-electron chi connectivity index (χ1n) is 5.99. The van der Waals surface area contributed by atoms with Crippen molar-refractivity contribution in [2.75, 3.05) is 5.75 Å². The summed E-state index contributed by atoms with van der Waals surface area (Å²) in [5, 5.41) is 11.1. The topological polar surface area (TPSA) is 67.0 Å². The second-order valence-corrected chi connectivity index (χ2v) is 5.02. The fourth-order valence-corrected chi connectivity index (χ4v) is 2.42. The van der Waals surface area contributed by atoms with E-state index >= 15 is 0 Å². The Kier molecular flexibility index (Phi) is 3.64. The first-order valence-corrected chi connectivity index (χ1v) is 6.98. The maximum Gasteiger partial charge on any atom is 0.236 e. The minimum Gasteiger partial charge on any atom is -0.464 e. The van der Waals surface area contributed by atoms with Gasteiger partial charge in [-0.2, -0.15) is 5.10 Å². The molecule has 2 aromatic rings. The fraction of sp³-hybridized carbons (Fsp3) is 0.0714. The molecule has 1 aromatic heterocycles. The van der Waals surface area contributed by atoms with Crippen molar-refractivity contribution < 1.29 is 9.21 Å². The molecule has 1 amide bonds. The molecule has 0 unspecified atom stereocenters. The van der Waals surface area contributed by atoms with Crippen LogP contribution in [-0.4, -0.2) is 23.0 Å². The molecule has 1 saturated heterocycles. The van der Waals surface area contributed by atoms with E-state index in [1.54, 1.807) is 12.5 Å². The molecule has 20 heavy (non-hydrogen) atoms. The lowest BCUT2D eigenvalue weighted by molar-refractivity contribution is -0.116. The first kappa shape index (κ1) is 12.7. The zero-order chi connectivity index (χ0) is 13.8. The molecular formula is C14H11N3O2S. The minimum atomic E-state index is -0.0417. The highest BCUT2D eigenvalue weighted by atomic mass is 32.2. The van der Waals surface area contributed by atoms with Gasteiger partial charge in [-0.25, -0.2) is 0 Å². The van der Waals surface area contributed by atoms with Crippen LogP contribution in [-0.2, 0) is 4.79 Å². The number of furan rings is 1. The van der Waals surface area contributed by atoms with Gasteiger partial charge in [-0.3, -0.25) is 4.79 Å². The third-order valence-electron chi connectivity index (χ3n) is 2.68. The molecule has 1 aliphatic rings. The van der Waals surface area contributed by atoms with Crippen molar-refractivity contribution in [3.63, 3.8) is 0 Å². The van der Waals surface area contributed by atoms with Crippen LogP contribution in [0.1, 0.15) is 5.56 Å². The molecule has 1 aliphatic heterocycles. The van der Waals surface area contributed by atoms with Crippen molar-refractivity contribution in [3.8, 4) is 11.3 Å². The fourth-order valence-electron chi connectivity index (χ4n) is 1.79. The van der Waals surface area contributed by atoms with Gasteiger partial charge >= 0.3 is 0 Å². The summed E-state index contributed by atoms with van der Waals surface area (Å²) in [7, 11) is 0. The van der Waals surface area contributed by atoms with Gasteiger partial charge in [-0.05, 0) is 12.1 Å². The van der Waals surface area contributed by atoms with Gasteiger partial charge in [-0.1, -0.05) is 36.0 Å². The number of amides is 1. The number of thioether (sulfide) groups is 1. The number of carbonyl (C=O) groups is 1. The largest absolute Gasteiger partial charge is 0.464 e. The molecule has 1 fully saturated rings. The molecule has 0 saturated carbocycles. The van der Waals surface area contributed by atoms with Gasteiger partial charge in [0.15, 0.2) is 5.17 Å². The molecule has 0 radical (unpaired) electrons. The standard InChI is InChI=1S/C14H11N3O2S/c18-13-9-20-14(16-13)17-15-8-10-4-1-2-5-11(10)12-6-3-7-19-12/h1-8H,9H2,(H,16,17,18). The van der Waals surface area contributed by atoms with E-state index in [-0.39, 0.29) is 5.91 Å². The summed E-state index contributed by atoms with van der Waals surface area (Å²) >= 11 is 1.34.